The van der Waals surface area contributed by atoms with Gasteiger partial charge in [0.25, 0.3) is 0 Å². The molecule has 0 bridgehead atoms. The number of nitrogens with zero attached hydrogens (tertiary/aromatic N) is 5. The minimum Gasteiger partial charge on any atom is -0.311 e. The van der Waals surface area contributed by atoms with Gasteiger partial charge in [-0.1, -0.05) is 18.2 Å². The molecule has 2 aromatic carbocycles. The number of hydrogen-bond donors (Lipinski definition) is 1. The molecule has 4 rings (SSSR count). The van der Waals surface area contributed by atoms with Crippen molar-refractivity contribution in [3.05, 3.63) is 63.4 Å². The molecule has 1 unspecified atom stereocenters. The van der Waals surface area contributed by atoms with Gasteiger partial charge in [-0.15, -0.1) is 11.3 Å². The smallest absolute Gasteiger partial charge is 0.225 e. The van der Waals surface area contributed by atoms with Gasteiger partial charge < -0.3 is 4.90 Å². The van der Waals surface area contributed by atoms with E-state index < -0.39 is 0 Å². The van der Waals surface area contributed by atoms with E-state index in [0.717, 1.165) is 16.2 Å². The Labute approximate surface area is 173 Å². The van der Waals surface area contributed by atoms with Crippen LogP contribution in [0.25, 0.3) is 15.9 Å². The maximum atomic E-state index is 5.63. The molecule has 0 radical (unpaired) electrons. The second kappa shape index (κ2) is 7.54. The number of aryl methyl sites for hydroxylation is 2. The number of hydrogen-bond acceptors (Lipinski definition) is 5. The molecule has 2 aromatic heterocycles. The highest BCUT2D eigenvalue weighted by atomic mass is 32.1. The van der Waals surface area contributed by atoms with Crippen molar-refractivity contribution >= 4 is 33.8 Å². The Bertz CT molecular complexity index is 1160. The van der Waals surface area contributed by atoms with Crippen LogP contribution in [0.2, 0.25) is 0 Å². The van der Waals surface area contributed by atoms with E-state index in [9.17, 15) is 0 Å². The lowest BCUT2D eigenvalue weighted by molar-refractivity contribution is -0.933. The molecule has 6 nitrogen and oxygen atoms in total. The number of benzene rings is 2. The Morgan fingerprint density at radius 2 is 1.89 bits per heavy atom. The Morgan fingerprint density at radius 1 is 1.11 bits per heavy atom. The van der Waals surface area contributed by atoms with E-state index in [0.29, 0.717) is 11.4 Å². The van der Waals surface area contributed by atoms with Crippen LogP contribution in [0, 0.1) is 18.6 Å². The molecule has 2 heterocycles. The van der Waals surface area contributed by atoms with Gasteiger partial charge in [-0.05, 0) is 78.8 Å². The monoisotopic (exact) mass is 411 g/mol. The summed E-state index contributed by atoms with van der Waals surface area (Å²) in [5.74, 6) is 0. The topological polar surface area (TPSA) is 53.0 Å². The van der Waals surface area contributed by atoms with Crippen molar-refractivity contribution in [2.24, 2.45) is 0 Å². The van der Waals surface area contributed by atoms with Gasteiger partial charge in [-0.2, -0.15) is 9.36 Å². The molecule has 4 aromatic rings. The number of nitrogens with one attached hydrogen (secondary N) is 1. The first-order valence-electron chi connectivity index (χ1n) is 9.22. The molecule has 144 valence electrons. The number of tetrazole rings is 1. The fourth-order valence-electron chi connectivity index (χ4n) is 3.05. The average Bonchev–Trinajstić information content (AvgIpc) is 3.27. The van der Waals surface area contributed by atoms with Crippen LogP contribution in [0.15, 0.2) is 42.5 Å². The third-order valence-electron chi connectivity index (χ3n) is 5.19. The lowest BCUT2D eigenvalue weighted by atomic mass is 10.1. The van der Waals surface area contributed by atoms with E-state index in [2.05, 4.69) is 68.6 Å². The van der Waals surface area contributed by atoms with Gasteiger partial charge >= 0.3 is 0 Å². The summed E-state index contributed by atoms with van der Waals surface area (Å²) in [5, 5.41) is 9.68. The summed E-state index contributed by atoms with van der Waals surface area (Å²) in [6, 6.07) is 14.7. The molecule has 1 N–H and O–H groups in total. The molecular weight excluding hydrogens is 388 g/mol. The van der Waals surface area contributed by atoms with Crippen LogP contribution in [0.4, 0.5) is 0 Å². The minimum atomic E-state index is 0.228. The lowest BCUT2D eigenvalue weighted by Crippen LogP contribution is -3.08. The van der Waals surface area contributed by atoms with E-state index in [1.807, 2.05) is 12.1 Å². The SMILES string of the molecule is Cc1ccc(-n2nnn(C[NH+](C)[C@@H](C)c3nc4ccccc4s3)c2=S)cc1C. The normalized spacial score (nSPS) is 13.7. The molecule has 0 aliphatic carbocycles. The van der Waals surface area contributed by atoms with Gasteiger partial charge in [-0.3, -0.25) is 0 Å². The third kappa shape index (κ3) is 3.50. The highest BCUT2D eigenvalue weighted by Crippen LogP contribution is 2.24. The van der Waals surface area contributed by atoms with Crippen molar-refractivity contribution in [3.63, 3.8) is 0 Å². The van der Waals surface area contributed by atoms with Crippen molar-refractivity contribution in [2.75, 3.05) is 7.05 Å². The van der Waals surface area contributed by atoms with Gasteiger partial charge in [0.05, 0.1) is 23.0 Å². The largest absolute Gasteiger partial charge is 0.311 e. The number of thiazole rings is 1. The molecular formula is C20H23N6S2+. The third-order valence-corrected chi connectivity index (χ3v) is 6.80. The first-order chi connectivity index (χ1) is 13.4. The quantitative estimate of drug-likeness (QED) is 0.512. The first-order valence-corrected chi connectivity index (χ1v) is 10.4. The minimum absolute atomic E-state index is 0.228. The van der Waals surface area contributed by atoms with Gasteiger partial charge in [0.1, 0.15) is 6.04 Å². The van der Waals surface area contributed by atoms with Crippen molar-refractivity contribution in [1.29, 1.82) is 0 Å². The fraction of sp³-hybridized carbons (Fsp3) is 0.300. The van der Waals surface area contributed by atoms with E-state index in [1.54, 1.807) is 20.7 Å². The predicted octanol–water partition coefficient (Wildman–Crippen LogP) is 3.26. The zero-order valence-electron chi connectivity index (χ0n) is 16.4. The summed E-state index contributed by atoms with van der Waals surface area (Å²) in [6.07, 6.45) is 0. The summed E-state index contributed by atoms with van der Waals surface area (Å²) < 4.78 is 5.31. The summed E-state index contributed by atoms with van der Waals surface area (Å²) in [7, 11) is 2.13. The molecule has 8 heteroatoms. The molecule has 0 saturated carbocycles. The van der Waals surface area contributed by atoms with E-state index >= 15 is 0 Å². The molecule has 0 aliphatic heterocycles. The molecule has 0 fully saturated rings. The Hall–Kier alpha value is -2.42. The zero-order valence-corrected chi connectivity index (χ0v) is 18.0. The predicted molar refractivity (Wildman–Crippen MR) is 115 cm³/mol. The van der Waals surface area contributed by atoms with Gasteiger partial charge in [-0.25, -0.2) is 4.98 Å². The Balaban J connectivity index is 1.56. The van der Waals surface area contributed by atoms with Crippen LogP contribution < -0.4 is 4.90 Å². The number of aromatic nitrogens is 5. The summed E-state index contributed by atoms with van der Waals surface area (Å²) in [5.41, 5.74) is 4.45. The van der Waals surface area contributed by atoms with Crippen LogP contribution in [0.5, 0.6) is 0 Å². The zero-order chi connectivity index (χ0) is 19.8. The highest BCUT2D eigenvalue weighted by molar-refractivity contribution is 7.71. The molecule has 0 saturated heterocycles. The summed E-state index contributed by atoms with van der Waals surface area (Å²) in [4.78, 5) is 6.04. The van der Waals surface area contributed by atoms with Crippen molar-refractivity contribution in [3.8, 4) is 5.69 Å². The molecule has 2 atom stereocenters. The Kier molecular flexibility index (Phi) is 5.09. The Morgan fingerprint density at radius 3 is 2.64 bits per heavy atom. The molecule has 0 spiro atoms. The number of para-hydroxylation sites is 1. The molecule has 0 aliphatic rings. The van der Waals surface area contributed by atoms with Crippen LogP contribution in [-0.2, 0) is 6.67 Å². The first kappa shape index (κ1) is 18.9. The van der Waals surface area contributed by atoms with E-state index in [4.69, 9.17) is 17.2 Å². The van der Waals surface area contributed by atoms with Gasteiger partial charge in [0.2, 0.25) is 4.77 Å². The number of fused-ring (bicyclic) bond motifs is 1. The second-order valence-electron chi connectivity index (χ2n) is 7.19. The van der Waals surface area contributed by atoms with Crippen LogP contribution >= 0.6 is 23.6 Å². The van der Waals surface area contributed by atoms with E-state index in [1.165, 1.54) is 20.7 Å². The van der Waals surface area contributed by atoms with Gasteiger partial charge in [0.15, 0.2) is 11.7 Å². The van der Waals surface area contributed by atoms with Crippen LogP contribution in [0.1, 0.15) is 29.1 Å². The lowest BCUT2D eigenvalue weighted by Gasteiger charge is -2.19. The number of rotatable bonds is 5. The summed E-state index contributed by atoms with van der Waals surface area (Å²) in [6.45, 7) is 6.99. The average molecular weight is 412 g/mol. The maximum Gasteiger partial charge on any atom is 0.225 e. The second-order valence-corrected chi connectivity index (χ2v) is 8.61. The maximum absolute atomic E-state index is 5.63. The number of quaternary nitrogens is 1. The molecule has 28 heavy (non-hydrogen) atoms. The summed E-state index contributed by atoms with van der Waals surface area (Å²) >= 11 is 7.38. The van der Waals surface area contributed by atoms with Crippen molar-refractivity contribution < 1.29 is 4.90 Å². The van der Waals surface area contributed by atoms with E-state index in [-0.39, 0.29) is 6.04 Å². The van der Waals surface area contributed by atoms with Crippen LogP contribution in [0.3, 0.4) is 0 Å². The molecule has 0 amide bonds. The van der Waals surface area contributed by atoms with Gasteiger partial charge in [0, 0.05) is 0 Å². The van der Waals surface area contributed by atoms with Crippen molar-refractivity contribution in [1.82, 2.24) is 24.8 Å². The highest BCUT2D eigenvalue weighted by Gasteiger charge is 2.21. The van der Waals surface area contributed by atoms with Crippen molar-refractivity contribution in [2.45, 2.75) is 33.5 Å². The fourth-order valence-corrected chi connectivity index (χ4v) is 4.41. The standard InChI is InChI=1S/C20H22N6S2/c1-13-9-10-16(11-14(13)2)26-20(27)25(22-23-26)12-24(4)15(3)19-21-17-7-5-6-8-18(17)28-19/h5-11,15H,12H2,1-4H3/p+1/t15-/m0/s1. The van der Waals surface area contributed by atoms with Crippen LogP contribution in [-0.4, -0.2) is 31.8 Å².